The number of ether oxygens (including phenoxy) is 2. The van der Waals surface area contributed by atoms with Crippen LogP contribution in [0.1, 0.15) is 10.4 Å². The molecule has 150 valence electrons. The van der Waals surface area contributed by atoms with E-state index in [1.165, 1.54) is 24.3 Å². The Bertz CT molecular complexity index is 1070. The van der Waals surface area contributed by atoms with E-state index >= 15 is 0 Å². The molecule has 0 spiro atoms. The minimum Gasteiger partial charge on any atom is -0.490 e. The van der Waals surface area contributed by atoms with Crippen LogP contribution < -0.4 is 15.2 Å². The normalized spacial score (nSPS) is 10.9. The summed E-state index contributed by atoms with van der Waals surface area (Å²) in [6, 6.07) is 22.3. The van der Waals surface area contributed by atoms with Gasteiger partial charge in [0.25, 0.3) is 0 Å². The Morgan fingerprint density at radius 2 is 1.52 bits per heavy atom. The number of hydrogen-bond donors (Lipinski definition) is 2. The largest absolute Gasteiger partial charge is 0.490 e. The molecule has 8 heteroatoms. The lowest BCUT2D eigenvalue weighted by Crippen LogP contribution is -2.14. The molecule has 0 radical (unpaired) electrons. The number of hydrogen-bond acceptors (Lipinski definition) is 6. The van der Waals surface area contributed by atoms with Gasteiger partial charge in [-0.3, -0.25) is 0 Å². The molecule has 0 aliphatic carbocycles. The SMILES string of the molecule is NS(=O)(=O)c1ccc(OCCOC(=O)c2ccccc2Nc2ccccc2)cc1. The van der Waals surface area contributed by atoms with Crippen LogP contribution in [0.2, 0.25) is 0 Å². The van der Waals surface area contributed by atoms with Crippen molar-refractivity contribution in [3.8, 4) is 5.75 Å². The molecule has 0 bridgehead atoms. The Hall–Kier alpha value is -3.36. The molecule has 7 nitrogen and oxygen atoms in total. The third kappa shape index (κ3) is 5.81. The van der Waals surface area contributed by atoms with E-state index in [0.717, 1.165) is 5.69 Å². The molecule has 3 aromatic rings. The van der Waals surface area contributed by atoms with Gasteiger partial charge in [0.2, 0.25) is 10.0 Å². The molecule has 0 aromatic heterocycles. The van der Waals surface area contributed by atoms with Crippen LogP contribution in [-0.2, 0) is 14.8 Å². The summed E-state index contributed by atoms with van der Waals surface area (Å²) in [6.07, 6.45) is 0. The zero-order valence-electron chi connectivity index (χ0n) is 15.4. The molecule has 0 saturated heterocycles. The molecular weight excluding hydrogens is 392 g/mol. The summed E-state index contributed by atoms with van der Waals surface area (Å²) in [4.78, 5) is 12.4. The lowest BCUT2D eigenvalue weighted by molar-refractivity contribution is 0.0451. The maximum Gasteiger partial charge on any atom is 0.340 e. The van der Waals surface area contributed by atoms with Gasteiger partial charge in [-0.2, -0.15) is 0 Å². The minimum absolute atomic E-state index is 0.00111. The fraction of sp³-hybridized carbons (Fsp3) is 0.0952. The summed E-state index contributed by atoms with van der Waals surface area (Å²) >= 11 is 0. The van der Waals surface area contributed by atoms with Crippen molar-refractivity contribution in [3.63, 3.8) is 0 Å². The average Bonchev–Trinajstić information content (AvgIpc) is 2.72. The van der Waals surface area contributed by atoms with Gasteiger partial charge in [0.05, 0.1) is 16.1 Å². The number of nitrogens with two attached hydrogens (primary N) is 1. The zero-order valence-corrected chi connectivity index (χ0v) is 16.3. The van der Waals surface area contributed by atoms with E-state index < -0.39 is 16.0 Å². The van der Waals surface area contributed by atoms with Gasteiger partial charge in [-0.1, -0.05) is 30.3 Å². The first-order valence-corrected chi connectivity index (χ1v) is 10.3. The number of anilines is 2. The van der Waals surface area contributed by atoms with Crippen molar-refractivity contribution in [2.75, 3.05) is 18.5 Å². The van der Waals surface area contributed by atoms with Crippen LogP contribution in [0.25, 0.3) is 0 Å². The number of benzene rings is 3. The van der Waals surface area contributed by atoms with Crippen LogP contribution in [0.15, 0.2) is 83.8 Å². The molecule has 0 fully saturated rings. The van der Waals surface area contributed by atoms with Crippen molar-refractivity contribution < 1.29 is 22.7 Å². The minimum atomic E-state index is -3.74. The Morgan fingerprint density at radius 3 is 2.21 bits per heavy atom. The molecule has 0 aliphatic heterocycles. The maximum atomic E-state index is 12.4. The molecule has 3 N–H and O–H groups in total. The smallest absolute Gasteiger partial charge is 0.340 e. The molecule has 0 heterocycles. The van der Waals surface area contributed by atoms with Gasteiger partial charge in [0.1, 0.15) is 19.0 Å². The summed E-state index contributed by atoms with van der Waals surface area (Å²) in [7, 11) is -3.74. The number of carbonyl (C=O) groups is 1. The van der Waals surface area contributed by atoms with Crippen molar-refractivity contribution in [2.45, 2.75) is 4.90 Å². The molecular formula is C21H20N2O5S. The van der Waals surface area contributed by atoms with Crippen LogP contribution in [-0.4, -0.2) is 27.6 Å². The first-order valence-electron chi connectivity index (χ1n) is 8.77. The molecule has 29 heavy (non-hydrogen) atoms. The van der Waals surface area contributed by atoms with E-state index in [1.807, 2.05) is 36.4 Å². The number of esters is 1. The molecule has 0 aliphatic rings. The van der Waals surface area contributed by atoms with Crippen molar-refractivity contribution in [1.82, 2.24) is 0 Å². The number of para-hydroxylation sites is 2. The maximum absolute atomic E-state index is 12.4. The highest BCUT2D eigenvalue weighted by Gasteiger charge is 2.13. The fourth-order valence-corrected chi connectivity index (χ4v) is 3.06. The van der Waals surface area contributed by atoms with Crippen LogP contribution in [0.5, 0.6) is 5.75 Å². The average molecular weight is 412 g/mol. The monoisotopic (exact) mass is 412 g/mol. The molecule has 0 amide bonds. The van der Waals surface area contributed by atoms with Gasteiger partial charge in [0.15, 0.2) is 0 Å². The van der Waals surface area contributed by atoms with Crippen LogP contribution in [0.4, 0.5) is 11.4 Å². The topological polar surface area (TPSA) is 108 Å². The second kappa shape index (κ2) is 9.22. The number of carbonyl (C=O) groups excluding carboxylic acids is 1. The highest BCUT2D eigenvalue weighted by molar-refractivity contribution is 7.89. The summed E-state index contributed by atoms with van der Waals surface area (Å²) in [5, 5.41) is 8.24. The highest BCUT2D eigenvalue weighted by atomic mass is 32.2. The predicted molar refractivity (Wildman–Crippen MR) is 110 cm³/mol. The van der Waals surface area contributed by atoms with Crippen molar-refractivity contribution >= 4 is 27.4 Å². The van der Waals surface area contributed by atoms with Crippen LogP contribution in [0.3, 0.4) is 0 Å². The van der Waals surface area contributed by atoms with Gasteiger partial charge in [-0.25, -0.2) is 18.4 Å². The van der Waals surface area contributed by atoms with E-state index in [-0.39, 0.29) is 18.1 Å². The Labute approximate surface area is 169 Å². The highest BCUT2D eigenvalue weighted by Crippen LogP contribution is 2.21. The lowest BCUT2D eigenvalue weighted by Gasteiger charge is -2.12. The van der Waals surface area contributed by atoms with E-state index in [2.05, 4.69) is 5.32 Å². The Balaban J connectivity index is 1.54. The van der Waals surface area contributed by atoms with E-state index in [1.54, 1.807) is 18.2 Å². The van der Waals surface area contributed by atoms with Crippen LogP contribution in [0, 0.1) is 0 Å². The van der Waals surface area contributed by atoms with Gasteiger partial charge >= 0.3 is 5.97 Å². The van der Waals surface area contributed by atoms with Crippen molar-refractivity contribution in [3.05, 3.63) is 84.4 Å². The van der Waals surface area contributed by atoms with E-state index in [4.69, 9.17) is 14.6 Å². The molecule has 3 aromatic carbocycles. The molecule has 3 rings (SSSR count). The molecule has 0 unspecified atom stereocenters. The number of primary sulfonamides is 1. The van der Waals surface area contributed by atoms with Gasteiger partial charge < -0.3 is 14.8 Å². The Morgan fingerprint density at radius 1 is 0.862 bits per heavy atom. The molecule has 0 atom stereocenters. The predicted octanol–water partition coefficient (Wildman–Crippen LogP) is 3.31. The quantitative estimate of drug-likeness (QED) is 0.434. The third-order valence-electron chi connectivity index (χ3n) is 3.94. The summed E-state index contributed by atoms with van der Waals surface area (Å²) in [5.41, 5.74) is 1.91. The zero-order chi connectivity index (χ0) is 20.7. The van der Waals surface area contributed by atoms with Gasteiger partial charge in [-0.05, 0) is 48.5 Å². The molecule has 0 saturated carbocycles. The number of sulfonamides is 1. The second-order valence-electron chi connectivity index (χ2n) is 6.04. The number of nitrogens with one attached hydrogen (secondary N) is 1. The van der Waals surface area contributed by atoms with Crippen molar-refractivity contribution in [2.24, 2.45) is 5.14 Å². The summed E-state index contributed by atoms with van der Waals surface area (Å²) in [6.45, 7) is 0.157. The van der Waals surface area contributed by atoms with E-state index in [9.17, 15) is 13.2 Å². The summed E-state index contributed by atoms with van der Waals surface area (Å²) < 4.78 is 33.2. The second-order valence-corrected chi connectivity index (χ2v) is 7.60. The first kappa shape index (κ1) is 20.4. The fourth-order valence-electron chi connectivity index (χ4n) is 2.54. The van der Waals surface area contributed by atoms with E-state index in [0.29, 0.717) is 17.0 Å². The lowest BCUT2D eigenvalue weighted by atomic mass is 10.1. The first-order chi connectivity index (χ1) is 13.9. The van der Waals surface area contributed by atoms with Crippen LogP contribution >= 0.6 is 0 Å². The van der Waals surface area contributed by atoms with Gasteiger partial charge in [0, 0.05) is 5.69 Å². The number of rotatable bonds is 8. The standard InChI is InChI=1S/C21H20N2O5S/c22-29(25,26)18-12-10-17(11-13-18)27-14-15-28-21(24)19-8-4-5-9-20(19)23-16-6-2-1-3-7-16/h1-13,23H,14-15H2,(H2,22,25,26). The van der Waals surface area contributed by atoms with Gasteiger partial charge in [-0.15, -0.1) is 0 Å². The third-order valence-corrected chi connectivity index (χ3v) is 4.87. The summed E-state index contributed by atoms with van der Waals surface area (Å²) in [5.74, 6) is -0.0307. The van der Waals surface area contributed by atoms with Crippen molar-refractivity contribution in [1.29, 1.82) is 0 Å². The Kier molecular flexibility index (Phi) is 6.48.